The van der Waals surface area contributed by atoms with Crippen LogP contribution in [0.5, 0.6) is 0 Å². The standard InChI is InChI=1S/C9H15NOS/c1-7-4-8(12-5-7)9(2,6-10)11-3/h4-5H,6,10H2,1-3H3. The lowest BCUT2D eigenvalue weighted by Crippen LogP contribution is -2.32. The van der Waals surface area contributed by atoms with Gasteiger partial charge in [0.25, 0.3) is 0 Å². The Labute approximate surface area is 77.3 Å². The van der Waals surface area contributed by atoms with E-state index in [4.69, 9.17) is 10.5 Å². The predicted octanol–water partition coefficient (Wildman–Crippen LogP) is 1.88. The van der Waals surface area contributed by atoms with Crippen LogP contribution >= 0.6 is 11.3 Å². The first-order chi connectivity index (χ1) is 5.62. The fraction of sp³-hybridized carbons (Fsp3) is 0.556. The zero-order valence-electron chi connectivity index (χ0n) is 7.76. The molecule has 0 saturated heterocycles. The van der Waals surface area contributed by atoms with Gasteiger partial charge in [0.2, 0.25) is 0 Å². The van der Waals surface area contributed by atoms with E-state index in [1.54, 1.807) is 18.4 Å². The molecule has 2 nitrogen and oxygen atoms in total. The van der Waals surface area contributed by atoms with Gasteiger partial charge in [0, 0.05) is 18.5 Å². The van der Waals surface area contributed by atoms with Crippen molar-refractivity contribution < 1.29 is 4.74 Å². The van der Waals surface area contributed by atoms with E-state index in [2.05, 4.69) is 18.4 Å². The lowest BCUT2D eigenvalue weighted by Gasteiger charge is -2.24. The van der Waals surface area contributed by atoms with Crippen molar-refractivity contribution in [1.82, 2.24) is 0 Å². The zero-order valence-corrected chi connectivity index (χ0v) is 8.57. The molecular formula is C9H15NOS. The minimum Gasteiger partial charge on any atom is -0.372 e. The quantitative estimate of drug-likeness (QED) is 0.780. The second kappa shape index (κ2) is 3.56. The first kappa shape index (κ1) is 9.71. The first-order valence-corrected chi connectivity index (χ1v) is 4.81. The molecule has 0 saturated carbocycles. The van der Waals surface area contributed by atoms with Crippen LogP contribution in [0.3, 0.4) is 0 Å². The lowest BCUT2D eigenvalue weighted by atomic mass is 10.0. The summed E-state index contributed by atoms with van der Waals surface area (Å²) in [5, 5.41) is 2.11. The van der Waals surface area contributed by atoms with E-state index in [0.717, 1.165) is 0 Å². The van der Waals surface area contributed by atoms with Crippen molar-refractivity contribution in [3.8, 4) is 0 Å². The van der Waals surface area contributed by atoms with Crippen LogP contribution in [0.25, 0.3) is 0 Å². The predicted molar refractivity (Wildman–Crippen MR) is 52.5 cm³/mol. The summed E-state index contributed by atoms with van der Waals surface area (Å²) < 4.78 is 5.37. The number of hydrogen-bond acceptors (Lipinski definition) is 3. The lowest BCUT2D eigenvalue weighted by molar-refractivity contribution is 0.0132. The van der Waals surface area contributed by atoms with Crippen molar-refractivity contribution in [2.45, 2.75) is 19.4 Å². The second-order valence-corrected chi connectivity index (χ2v) is 4.04. The Bertz CT molecular complexity index is 253. The van der Waals surface area contributed by atoms with E-state index in [9.17, 15) is 0 Å². The largest absolute Gasteiger partial charge is 0.372 e. The molecule has 0 spiro atoms. The average molecular weight is 185 g/mol. The highest BCUT2D eigenvalue weighted by atomic mass is 32.1. The molecule has 2 N–H and O–H groups in total. The van der Waals surface area contributed by atoms with E-state index in [1.807, 2.05) is 6.92 Å². The molecule has 3 heteroatoms. The van der Waals surface area contributed by atoms with Gasteiger partial charge in [-0.2, -0.15) is 0 Å². The van der Waals surface area contributed by atoms with Gasteiger partial charge in [-0.25, -0.2) is 0 Å². The van der Waals surface area contributed by atoms with Crippen LogP contribution in [0, 0.1) is 6.92 Å². The minimum absolute atomic E-state index is 0.307. The monoisotopic (exact) mass is 185 g/mol. The average Bonchev–Trinajstić information content (AvgIpc) is 2.51. The Hall–Kier alpha value is -0.380. The zero-order chi connectivity index (χ0) is 9.19. The molecule has 0 aliphatic heterocycles. The summed E-state index contributed by atoms with van der Waals surface area (Å²) >= 11 is 1.70. The molecule has 1 unspecified atom stereocenters. The Morgan fingerprint density at radius 2 is 2.33 bits per heavy atom. The van der Waals surface area contributed by atoms with Crippen molar-refractivity contribution in [2.75, 3.05) is 13.7 Å². The summed E-state index contributed by atoms with van der Waals surface area (Å²) in [5.41, 5.74) is 6.60. The summed E-state index contributed by atoms with van der Waals surface area (Å²) in [5.74, 6) is 0. The van der Waals surface area contributed by atoms with Gasteiger partial charge in [-0.3, -0.25) is 0 Å². The third kappa shape index (κ3) is 1.68. The highest BCUT2D eigenvalue weighted by Crippen LogP contribution is 2.28. The molecule has 0 amide bonds. The van der Waals surface area contributed by atoms with E-state index >= 15 is 0 Å². The molecule has 0 fully saturated rings. The molecule has 0 aliphatic carbocycles. The van der Waals surface area contributed by atoms with Gasteiger partial charge in [-0.1, -0.05) is 0 Å². The Balaban J connectivity index is 2.94. The summed E-state index contributed by atoms with van der Waals surface area (Å²) in [6.45, 7) is 4.61. The van der Waals surface area contributed by atoms with E-state index in [1.165, 1.54) is 10.4 Å². The Morgan fingerprint density at radius 1 is 1.67 bits per heavy atom. The SMILES string of the molecule is COC(C)(CN)c1cc(C)cs1. The molecule has 12 heavy (non-hydrogen) atoms. The van der Waals surface area contributed by atoms with Crippen molar-refractivity contribution in [2.24, 2.45) is 5.73 Å². The van der Waals surface area contributed by atoms with Crippen LogP contribution in [0.4, 0.5) is 0 Å². The van der Waals surface area contributed by atoms with Gasteiger partial charge in [0.1, 0.15) is 5.60 Å². The summed E-state index contributed by atoms with van der Waals surface area (Å²) in [4.78, 5) is 1.20. The third-order valence-electron chi connectivity index (χ3n) is 2.09. The fourth-order valence-corrected chi connectivity index (χ4v) is 2.04. The van der Waals surface area contributed by atoms with Crippen LogP contribution < -0.4 is 5.73 Å². The molecule has 1 aromatic rings. The first-order valence-electron chi connectivity index (χ1n) is 3.93. The van der Waals surface area contributed by atoms with Crippen LogP contribution in [-0.2, 0) is 10.3 Å². The summed E-state index contributed by atoms with van der Waals surface area (Å²) in [6, 6.07) is 2.13. The van der Waals surface area contributed by atoms with Gasteiger partial charge in [-0.05, 0) is 30.9 Å². The number of aryl methyl sites for hydroxylation is 1. The molecule has 1 atom stereocenters. The number of hydrogen-bond donors (Lipinski definition) is 1. The Kier molecular flexibility index (Phi) is 2.88. The maximum absolute atomic E-state index is 5.64. The number of nitrogens with two attached hydrogens (primary N) is 1. The smallest absolute Gasteiger partial charge is 0.111 e. The number of methoxy groups -OCH3 is 1. The van der Waals surface area contributed by atoms with Gasteiger partial charge in [0.05, 0.1) is 0 Å². The molecule has 0 bridgehead atoms. The van der Waals surface area contributed by atoms with Crippen LogP contribution in [0.2, 0.25) is 0 Å². The minimum atomic E-state index is -0.307. The van der Waals surface area contributed by atoms with Crippen LogP contribution in [0.15, 0.2) is 11.4 Å². The normalized spacial score (nSPS) is 16.0. The highest BCUT2D eigenvalue weighted by molar-refractivity contribution is 7.10. The molecule has 0 aromatic carbocycles. The van der Waals surface area contributed by atoms with Gasteiger partial charge in [0.15, 0.2) is 0 Å². The maximum Gasteiger partial charge on any atom is 0.111 e. The van der Waals surface area contributed by atoms with Crippen LogP contribution in [-0.4, -0.2) is 13.7 Å². The van der Waals surface area contributed by atoms with Gasteiger partial charge < -0.3 is 10.5 Å². The molecular weight excluding hydrogens is 170 g/mol. The number of ether oxygens (including phenoxy) is 1. The molecule has 1 aromatic heterocycles. The Morgan fingerprint density at radius 3 is 2.67 bits per heavy atom. The number of thiophene rings is 1. The van der Waals surface area contributed by atoms with Gasteiger partial charge in [-0.15, -0.1) is 11.3 Å². The second-order valence-electron chi connectivity index (χ2n) is 3.13. The molecule has 1 heterocycles. The number of rotatable bonds is 3. The molecule has 68 valence electrons. The molecule has 0 aliphatic rings. The van der Waals surface area contributed by atoms with E-state index < -0.39 is 0 Å². The topological polar surface area (TPSA) is 35.2 Å². The van der Waals surface area contributed by atoms with Crippen molar-refractivity contribution in [3.63, 3.8) is 0 Å². The van der Waals surface area contributed by atoms with Crippen LogP contribution in [0.1, 0.15) is 17.4 Å². The molecule has 1 rings (SSSR count). The van der Waals surface area contributed by atoms with Crippen molar-refractivity contribution in [3.05, 3.63) is 21.9 Å². The highest BCUT2D eigenvalue weighted by Gasteiger charge is 2.25. The summed E-state index contributed by atoms with van der Waals surface area (Å²) in [7, 11) is 1.70. The third-order valence-corrected chi connectivity index (χ3v) is 3.39. The van der Waals surface area contributed by atoms with E-state index in [0.29, 0.717) is 6.54 Å². The van der Waals surface area contributed by atoms with Crippen molar-refractivity contribution in [1.29, 1.82) is 0 Å². The van der Waals surface area contributed by atoms with Crippen molar-refractivity contribution >= 4 is 11.3 Å². The molecule has 0 radical (unpaired) electrons. The summed E-state index contributed by atoms with van der Waals surface area (Å²) in [6.07, 6.45) is 0. The maximum atomic E-state index is 5.64. The fourth-order valence-electron chi connectivity index (χ4n) is 0.993. The van der Waals surface area contributed by atoms with Gasteiger partial charge >= 0.3 is 0 Å². The van der Waals surface area contributed by atoms with E-state index in [-0.39, 0.29) is 5.60 Å².